The second-order valence-electron chi connectivity index (χ2n) is 3.47. The summed E-state index contributed by atoms with van der Waals surface area (Å²) >= 11 is 0. The molecular formula is C10H11F4NO. The van der Waals surface area contributed by atoms with E-state index in [4.69, 9.17) is 5.73 Å². The summed E-state index contributed by atoms with van der Waals surface area (Å²) in [5.74, 6) is -0.373. The van der Waals surface area contributed by atoms with E-state index in [-0.39, 0.29) is 11.3 Å². The Kier molecular flexibility index (Phi) is 3.42. The van der Waals surface area contributed by atoms with Crippen LogP contribution in [0.15, 0.2) is 24.3 Å². The van der Waals surface area contributed by atoms with Crippen molar-refractivity contribution >= 4 is 0 Å². The summed E-state index contributed by atoms with van der Waals surface area (Å²) < 4.78 is 50.7. The molecule has 1 aromatic carbocycles. The second-order valence-corrected chi connectivity index (χ2v) is 3.47. The largest absolute Gasteiger partial charge is 0.508 e. The summed E-state index contributed by atoms with van der Waals surface area (Å²) in [6.07, 6.45) is -6.04. The van der Waals surface area contributed by atoms with Crippen molar-refractivity contribution in [3.05, 3.63) is 29.8 Å². The summed E-state index contributed by atoms with van der Waals surface area (Å²) in [7, 11) is 0. The highest BCUT2D eigenvalue weighted by atomic mass is 19.4. The zero-order chi connectivity index (χ0) is 12.4. The number of halogens is 4. The molecule has 6 heteroatoms. The highest BCUT2D eigenvalue weighted by Gasteiger charge is 2.55. The second kappa shape index (κ2) is 4.29. The number of aromatic hydroxyl groups is 1. The first-order chi connectivity index (χ1) is 7.30. The summed E-state index contributed by atoms with van der Waals surface area (Å²) in [5.41, 5.74) is 1.19. The first-order valence-electron chi connectivity index (χ1n) is 4.53. The Morgan fingerprint density at radius 1 is 1.12 bits per heavy atom. The van der Waals surface area contributed by atoms with E-state index in [0.717, 1.165) is 0 Å². The van der Waals surface area contributed by atoms with Gasteiger partial charge in [-0.25, -0.2) is 4.39 Å². The van der Waals surface area contributed by atoms with Gasteiger partial charge in [-0.2, -0.15) is 13.2 Å². The number of phenols is 1. The van der Waals surface area contributed by atoms with Crippen LogP contribution >= 0.6 is 0 Å². The molecule has 0 saturated heterocycles. The average Bonchev–Trinajstić information content (AvgIpc) is 2.19. The molecule has 0 heterocycles. The molecule has 1 aromatic rings. The van der Waals surface area contributed by atoms with Crippen LogP contribution in [0.4, 0.5) is 17.6 Å². The van der Waals surface area contributed by atoms with Gasteiger partial charge in [0, 0.05) is 13.0 Å². The Morgan fingerprint density at radius 3 is 2.12 bits per heavy atom. The third kappa shape index (κ3) is 2.44. The summed E-state index contributed by atoms with van der Waals surface area (Å²) in [6, 6.07) is 5.28. The number of rotatable bonds is 3. The van der Waals surface area contributed by atoms with Gasteiger partial charge in [-0.15, -0.1) is 0 Å². The van der Waals surface area contributed by atoms with Gasteiger partial charge in [0.05, 0.1) is 0 Å². The van der Waals surface area contributed by atoms with Gasteiger partial charge in [0.15, 0.2) is 0 Å². The molecule has 3 N–H and O–H groups in total. The fraction of sp³-hybridized carbons (Fsp3) is 0.400. The third-order valence-corrected chi connectivity index (χ3v) is 2.29. The lowest BCUT2D eigenvalue weighted by Gasteiger charge is -2.26. The van der Waals surface area contributed by atoms with E-state index in [2.05, 4.69) is 0 Å². The van der Waals surface area contributed by atoms with Crippen LogP contribution in [-0.2, 0) is 6.42 Å². The Labute approximate surface area is 89.7 Å². The van der Waals surface area contributed by atoms with Crippen molar-refractivity contribution in [3.63, 3.8) is 0 Å². The van der Waals surface area contributed by atoms with Crippen LogP contribution in [0.5, 0.6) is 5.75 Å². The summed E-state index contributed by atoms with van der Waals surface area (Å²) in [5, 5.41) is 9.26. The van der Waals surface area contributed by atoms with Gasteiger partial charge in [-0.05, 0) is 11.6 Å². The lowest BCUT2D eigenvalue weighted by molar-refractivity contribution is -0.226. The summed E-state index contributed by atoms with van der Waals surface area (Å²) in [4.78, 5) is 0. The number of phenolic OH excluding ortho intramolecular Hbond substituents is 1. The minimum atomic E-state index is -5.05. The zero-order valence-electron chi connectivity index (χ0n) is 8.26. The van der Waals surface area contributed by atoms with Gasteiger partial charge in [-0.1, -0.05) is 18.2 Å². The van der Waals surface area contributed by atoms with E-state index in [1.54, 1.807) is 0 Å². The van der Waals surface area contributed by atoms with E-state index >= 15 is 0 Å². The number of para-hydroxylation sites is 1. The molecule has 0 aliphatic carbocycles. The van der Waals surface area contributed by atoms with E-state index in [9.17, 15) is 22.7 Å². The van der Waals surface area contributed by atoms with E-state index < -0.39 is 24.8 Å². The predicted octanol–water partition coefficient (Wildman–Crippen LogP) is 2.16. The molecule has 0 spiro atoms. The van der Waals surface area contributed by atoms with Crippen LogP contribution in [0.2, 0.25) is 0 Å². The number of hydrogen-bond acceptors (Lipinski definition) is 2. The monoisotopic (exact) mass is 237 g/mol. The molecule has 2 nitrogen and oxygen atoms in total. The Balaban J connectivity index is 2.99. The van der Waals surface area contributed by atoms with Gasteiger partial charge in [0.2, 0.25) is 5.67 Å². The minimum absolute atomic E-state index is 0.118. The number of alkyl halides is 4. The van der Waals surface area contributed by atoms with Crippen molar-refractivity contribution in [2.75, 3.05) is 6.54 Å². The van der Waals surface area contributed by atoms with Gasteiger partial charge in [-0.3, -0.25) is 0 Å². The summed E-state index contributed by atoms with van der Waals surface area (Å²) in [6.45, 7) is -1.18. The first kappa shape index (κ1) is 12.8. The molecule has 90 valence electrons. The predicted molar refractivity (Wildman–Crippen MR) is 50.8 cm³/mol. The van der Waals surface area contributed by atoms with Crippen molar-refractivity contribution in [2.24, 2.45) is 5.73 Å². The van der Waals surface area contributed by atoms with Crippen LogP contribution < -0.4 is 5.73 Å². The number of nitrogens with two attached hydrogens (primary N) is 1. The van der Waals surface area contributed by atoms with Crippen LogP contribution in [0.1, 0.15) is 5.56 Å². The molecule has 0 aliphatic rings. The Hall–Kier alpha value is -1.30. The lowest BCUT2D eigenvalue weighted by Crippen LogP contribution is -2.49. The van der Waals surface area contributed by atoms with Gasteiger partial charge < -0.3 is 10.8 Å². The van der Waals surface area contributed by atoms with Gasteiger partial charge in [0.25, 0.3) is 0 Å². The third-order valence-electron chi connectivity index (χ3n) is 2.29. The molecule has 0 bridgehead atoms. The van der Waals surface area contributed by atoms with Gasteiger partial charge in [0.1, 0.15) is 5.75 Å². The molecule has 1 atom stereocenters. The quantitative estimate of drug-likeness (QED) is 0.791. The maximum absolute atomic E-state index is 13.5. The van der Waals surface area contributed by atoms with Crippen LogP contribution in [0.25, 0.3) is 0 Å². The number of hydrogen-bond donors (Lipinski definition) is 2. The smallest absolute Gasteiger partial charge is 0.424 e. The lowest BCUT2D eigenvalue weighted by atomic mass is 9.95. The van der Waals surface area contributed by atoms with Crippen molar-refractivity contribution < 1.29 is 22.7 Å². The fourth-order valence-electron chi connectivity index (χ4n) is 1.25. The Bertz CT molecular complexity index is 366. The van der Waals surface area contributed by atoms with Gasteiger partial charge >= 0.3 is 6.18 Å². The molecule has 1 rings (SSSR count). The molecule has 16 heavy (non-hydrogen) atoms. The molecule has 0 amide bonds. The fourth-order valence-corrected chi connectivity index (χ4v) is 1.25. The zero-order valence-corrected chi connectivity index (χ0v) is 8.26. The minimum Gasteiger partial charge on any atom is -0.508 e. The average molecular weight is 237 g/mol. The molecule has 0 fully saturated rings. The van der Waals surface area contributed by atoms with E-state index in [0.29, 0.717) is 0 Å². The van der Waals surface area contributed by atoms with Crippen LogP contribution in [0.3, 0.4) is 0 Å². The molecule has 0 aromatic heterocycles. The topological polar surface area (TPSA) is 46.2 Å². The van der Waals surface area contributed by atoms with Crippen molar-refractivity contribution in [3.8, 4) is 5.75 Å². The molecule has 0 aliphatic heterocycles. The SMILES string of the molecule is NCC(F)(Cc1ccccc1O)C(F)(F)F. The first-order valence-corrected chi connectivity index (χ1v) is 4.53. The molecule has 0 radical (unpaired) electrons. The van der Waals surface area contributed by atoms with Crippen LogP contribution in [0, 0.1) is 0 Å². The number of benzene rings is 1. The highest BCUT2D eigenvalue weighted by molar-refractivity contribution is 5.33. The normalized spacial score (nSPS) is 15.8. The van der Waals surface area contributed by atoms with E-state index in [1.807, 2.05) is 0 Å². The molecule has 1 unspecified atom stereocenters. The maximum Gasteiger partial charge on any atom is 0.424 e. The maximum atomic E-state index is 13.5. The van der Waals surface area contributed by atoms with Crippen molar-refractivity contribution in [1.82, 2.24) is 0 Å². The van der Waals surface area contributed by atoms with E-state index in [1.165, 1.54) is 24.3 Å². The van der Waals surface area contributed by atoms with Crippen molar-refractivity contribution in [2.45, 2.75) is 18.3 Å². The van der Waals surface area contributed by atoms with Crippen molar-refractivity contribution in [1.29, 1.82) is 0 Å². The molecule has 0 saturated carbocycles. The molecular weight excluding hydrogens is 226 g/mol. The Morgan fingerprint density at radius 2 is 1.69 bits per heavy atom. The van der Waals surface area contributed by atoms with Crippen LogP contribution in [-0.4, -0.2) is 23.5 Å². The highest BCUT2D eigenvalue weighted by Crippen LogP contribution is 2.37. The standard InChI is InChI=1S/C10H11F4NO/c11-9(6-15,10(12,13)14)5-7-3-1-2-4-8(7)16/h1-4,16H,5-6,15H2.